The topological polar surface area (TPSA) is 78.3 Å². The summed E-state index contributed by atoms with van der Waals surface area (Å²) in [4.78, 5) is 12.7. The van der Waals surface area contributed by atoms with E-state index in [1.165, 1.54) is 11.8 Å². The molecule has 0 radical (unpaired) electrons. The van der Waals surface area contributed by atoms with Crippen LogP contribution in [0.1, 0.15) is 19.8 Å². The Kier molecular flexibility index (Phi) is 7.34. The number of halogens is 1. The fourth-order valence-electron chi connectivity index (χ4n) is 3.47. The van der Waals surface area contributed by atoms with Crippen LogP contribution in [0.15, 0.2) is 53.7 Å². The van der Waals surface area contributed by atoms with Crippen LogP contribution in [0, 0.1) is 0 Å². The Bertz CT molecular complexity index is 1050. The molecule has 1 aliphatic heterocycles. The van der Waals surface area contributed by atoms with E-state index in [0.717, 1.165) is 36.6 Å². The molecule has 1 aromatic heterocycles. The van der Waals surface area contributed by atoms with E-state index in [9.17, 15) is 4.79 Å². The molecule has 168 valence electrons. The van der Waals surface area contributed by atoms with E-state index in [2.05, 4.69) is 20.1 Å². The molecule has 2 aromatic carbocycles. The van der Waals surface area contributed by atoms with Crippen LogP contribution in [0.25, 0.3) is 11.4 Å². The lowest BCUT2D eigenvalue weighted by molar-refractivity contribution is -0.115. The van der Waals surface area contributed by atoms with Crippen molar-refractivity contribution in [2.24, 2.45) is 0 Å². The molecule has 1 amide bonds. The number of nitrogens with zero attached hydrogens (tertiary/aromatic N) is 3. The van der Waals surface area contributed by atoms with Gasteiger partial charge in [-0.15, -0.1) is 10.2 Å². The zero-order valence-electron chi connectivity index (χ0n) is 18.0. The standard InChI is InChI=1S/C23H25ClN4O3S/c1-15(22(29)25-18-9-7-17(24)8-10-18)32-23-27-26-21(16-5-11-19(30-2)12-6-16)28(23)14-20-4-3-13-31-20/h5-12,15,20H,3-4,13-14H2,1-2H3,(H,25,29)/t15-,20-/m1/s1. The molecule has 0 saturated carbocycles. The van der Waals surface area contributed by atoms with Crippen LogP contribution in [0.4, 0.5) is 5.69 Å². The highest BCUT2D eigenvalue weighted by Crippen LogP contribution is 2.30. The van der Waals surface area contributed by atoms with E-state index in [0.29, 0.717) is 22.4 Å². The zero-order valence-corrected chi connectivity index (χ0v) is 19.5. The summed E-state index contributed by atoms with van der Waals surface area (Å²) in [6.45, 7) is 3.27. The minimum absolute atomic E-state index is 0.112. The predicted octanol–water partition coefficient (Wildman–Crippen LogP) is 4.91. The smallest absolute Gasteiger partial charge is 0.237 e. The third-order valence-corrected chi connectivity index (χ3v) is 6.57. The average molecular weight is 473 g/mol. The lowest BCUT2D eigenvalue weighted by atomic mass is 10.2. The van der Waals surface area contributed by atoms with Gasteiger partial charge in [0.2, 0.25) is 5.91 Å². The number of rotatable bonds is 8. The van der Waals surface area contributed by atoms with Crippen LogP contribution in [0.3, 0.4) is 0 Å². The van der Waals surface area contributed by atoms with Gasteiger partial charge in [0.15, 0.2) is 11.0 Å². The largest absolute Gasteiger partial charge is 0.497 e. The first-order chi connectivity index (χ1) is 15.5. The third-order valence-electron chi connectivity index (χ3n) is 5.24. The number of carbonyl (C=O) groups excluding carboxylic acids is 1. The molecule has 1 N–H and O–H groups in total. The van der Waals surface area contributed by atoms with Crippen LogP contribution in [0.2, 0.25) is 5.02 Å². The van der Waals surface area contributed by atoms with Gasteiger partial charge in [0.25, 0.3) is 0 Å². The molecule has 0 unspecified atom stereocenters. The highest BCUT2D eigenvalue weighted by molar-refractivity contribution is 8.00. The van der Waals surface area contributed by atoms with E-state index >= 15 is 0 Å². The summed E-state index contributed by atoms with van der Waals surface area (Å²) in [5, 5.41) is 12.7. The van der Waals surface area contributed by atoms with Gasteiger partial charge in [-0.05, 0) is 68.3 Å². The average Bonchev–Trinajstić information content (AvgIpc) is 3.46. The first-order valence-corrected chi connectivity index (χ1v) is 11.7. The van der Waals surface area contributed by atoms with Crippen molar-refractivity contribution >= 4 is 35.0 Å². The number of methoxy groups -OCH3 is 1. The van der Waals surface area contributed by atoms with E-state index in [1.54, 1.807) is 31.4 Å². The summed E-state index contributed by atoms with van der Waals surface area (Å²) < 4.78 is 13.2. The number of aromatic nitrogens is 3. The molecule has 0 aliphatic carbocycles. The highest BCUT2D eigenvalue weighted by Gasteiger charge is 2.24. The first-order valence-electron chi connectivity index (χ1n) is 10.5. The minimum atomic E-state index is -0.373. The Morgan fingerprint density at radius 2 is 2.00 bits per heavy atom. The van der Waals surface area contributed by atoms with Crippen molar-refractivity contribution in [3.63, 3.8) is 0 Å². The van der Waals surface area contributed by atoms with Gasteiger partial charge < -0.3 is 14.8 Å². The van der Waals surface area contributed by atoms with Crippen molar-refractivity contribution in [2.75, 3.05) is 19.0 Å². The lowest BCUT2D eigenvalue weighted by Gasteiger charge is -2.16. The number of nitrogens with one attached hydrogen (secondary N) is 1. The Balaban J connectivity index is 1.54. The Morgan fingerprint density at radius 1 is 1.25 bits per heavy atom. The molecule has 1 saturated heterocycles. The SMILES string of the molecule is COc1ccc(-c2nnc(S[C@H](C)C(=O)Nc3ccc(Cl)cc3)n2C[C@H]2CCCO2)cc1. The normalized spacial score (nSPS) is 16.7. The predicted molar refractivity (Wildman–Crippen MR) is 126 cm³/mol. The second kappa shape index (κ2) is 10.4. The zero-order chi connectivity index (χ0) is 22.5. The second-order valence-corrected chi connectivity index (χ2v) is 9.28. The Morgan fingerprint density at radius 3 is 2.66 bits per heavy atom. The van der Waals surface area contributed by atoms with Crippen LogP contribution < -0.4 is 10.1 Å². The summed E-state index contributed by atoms with van der Waals surface area (Å²) in [5.74, 6) is 1.41. The molecule has 0 bridgehead atoms. The van der Waals surface area contributed by atoms with Crippen molar-refractivity contribution in [1.82, 2.24) is 14.8 Å². The summed E-state index contributed by atoms with van der Waals surface area (Å²) >= 11 is 7.30. The number of ether oxygens (including phenoxy) is 2. The number of amides is 1. The number of carbonyl (C=O) groups is 1. The first kappa shape index (κ1) is 22.6. The lowest BCUT2D eigenvalue weighted by Crippen LogP contribution is -2.23. The van der Waals surface area contributed by atoms with Gasteiger partial charge in [0, 0.05) is 22.9 Å². The van der Waals surface area contributed by atoms with Crippen molar-refractivity contribution in [2.45, 2.75) is 42.8 Å². The summed E-state index contributed by atoms with van der Waals surface area (Å²) in [6, 6.07) is 14.8. The molecule has 9 heteroatoms. The quantitative estimate of drug-likeness (QED) is 0.469. The maximum atomic E-state index is 12.7. The highest BCUT2D eigenvalue weighted by atomic mass is 35.5. The van der Waals surface area contributed by atoms with Gasteiger partial charge in [-0.25, -0.2) is 0 Å². The molecular weight excluding hydrogens is 448 g/mol. The molecule has 3 aromatic rings. The van der Waals surface area contributed by atoms with Gasteiger partial charge in [-0.3, -0.25) is 9.36 Å². The van der Waals surface area contributed by atoms with E-state index in [1.807, 2.05) is 31.2 Å². The van der Waals surface area contributed by atoms with Gasteiger partial charge in [-0.2, -0.15) is 0 Å². The molecule has 1 aliphatic rings. The minimum Gasteiger partial charge on any atom is -0.497 e. The second-order valence-electron chi connectivity index (χ2n) is 7.54. The molecule has 2 heterocycles. The molecule has 4 rings (SSSR count). The number of anilines is 1. The van der Waals surface area contributed by atoms with Crippen LogP contribution >= 0.6 is 23.4 Å². The third kappa shape index (κ3) is 5.43. The monoisotopic (exact) mass is 472 g/mol. The molecule has 0 spiro atoms. The van der Waals surface area contributed by atoms with E-state index < -0.39 is 0 Å². The van der Waals surface area contributed by atoms with Gasteiger partial charge in [0.05, 0.1) is 25.0 Å². The van der Waals surface area contributed by atoms with E-state index in [-0.39, 0.29) is 17.3 Å². The van der Waals surface area contributed by atoms with Crippen molar-refractivity contribution in [3.8, 4) is 17.1 Å². The number of thioether (sulfide) groups is 1. The van der Waals surface area contributed by atoms with Gasteiger partial charge >= 0.3 is 0 Å². The molecule has 32 heavy (non-hydrogen) atoms. The molecular formula is C23H25ClN4O3S. The fraction of sp³-hybridized carbons (Fsp3) is 0.348. The number of hydrogen-bond donors (Lipinski definition) is 1. The Labute approximate surface area is 196 Å². The number of benzene rings is 2. The van der Waals surface area contributed by atoms with Gasteiger partial charge in [-0.1, -0.05) is 23.4 Å². The van der Waals surface area contributed by atoms with Gasteiger partial charge in [0.1, 0.15) is 5.75 Å². The van der Waals surface area contributed by atoms with Crippen molar-refractivity contribution in [1.29, 1.82) is 0 Å². The number of hydrogen-bond acceptors (Lipinski definition) is 6. The summed E-state index contributed by atoms with van der Waals surface area (Å²) in [6.07, 6.45) is 2.16. The fourth-order valence-corrected chi connectivity index (χ4v) is 4.46. The maximum absolute atomic E-state index is 12.7. The maximum Gasteiger partial charge on any atom is 0.237 e. The van der Waals surface area contributed by atoms with Crippen LogP contribution in [0.5, 0.6) is 5.75 Å². The van der Waals surface area contributed by atoms with Crippen LogP contribution in [-0.4, -0.2) is 45.7 Å². The van der Waals surface area contributed by atoms with E-state index in [4.69, 9.17) is 21.1 Å². The Hall–Kier alpha value is -2.55. The molecule has 2 atom stereocenters. The summed E-state index contributed by atoms with van der Waals surface area (Å²) in [5.41, 5.74) is 1.63. The van der Waals surface area contributed by atoms with Crippen molar-refractivity contribution < 1.29 is 14.3 Å². The van der Waals surface area contributed by atoms with Crippen molar-refractivity contribution in [3.05, 3.63) is 53.6 Å². The summed E-state index contributed by atoms with van der Waals surface area (Å²) in [7, 11) is 1.64. The molecule has 1 fully saturated rings. The molecule has 7 nitrogen and oxygen atoms in total. The van der Waals surface area contributed by atoms with Crippen LogP contribution in [-0.2, 0) is 16.1 Å².